The van der Waals surface area contributed by atoms with Gasteiger partial charge in [-0.3, -0.25) is 4.79 Å². The number of urea groups is 1. The summed E-state index contributed by atoms with van der Waals surface area (Å²) in [5.74, 6) is 0.884. The van der Waals surface area contributed by atoms with Gasteiger partial charge < -0.3 is 4.90 Å². The molecule has 1 saturated heterocycles. The van der Waals surface area contributed by atoms with Crippen LogP contribution in [0.4, 0.5) is 4.79 Å². The van der Waals surface area contributed by atoms with E-state index in [1.807, 2.05) is 6.08 Å². The summed E-state index contributed by atoms with van der Waals surface area (Å²) in [5.41, 5.74) is 0. The number of amidine groups is 1. The molecular weight excluding hydrogens is 312 g/mol. The summed E-state index contributed by atoms with van der Waals surface area (Å²) >= 11 is 1.71. The average molecular weight is 335 g/mol. The minimum Gasteiger partial charge on any atom is -0.303 e. The minimum atomic E-state index is -0.431. The van der Waals surface area contributed by atoms with Gasteiger partial charge in [0.15, 0.2) is 5.92 Å². The van der Waals surface area contributed by atoms with Gasteiger partial charge in [0.2, 0.25) is 0 Å². The fourth-order valence-corrected chi connectivity index (χ4v) is 4.33. The average Bonchev–Trinajstić information content (AvgIpc) is 2.59. The maximum atomic E-state index is 12.5. The number of hydrogen-bond acceptors (Lipinski definition) is 5. The monoisotopic (exact) mass is 335 g/mol. The largest absolute Gasteiger partial charge is 0.445 e. The van der Waals surface area contributed by atoms with Crippen molar-refractivity contribution >= 4 is 35.8 Å². The number of rotatable bonds is 4. The lowest BCUT2D eigenvalue weighted by Crippen LogP contribution is -2.52. The van der Waals surface area contributed by atoms with Crippen LogP contribution < -0.4 is 0 Å². The number of thioether (sulfide) groups is 1. The second kappa shape index (κ2) is 6.97. The van der Waals surface area contributed by atoms with Crippen LogP contribution in [0, 0.1) is 5.92 Å². The van der Waals surface area contributed by atoms with E-state index in [2.05, 4.69) is 9.89 Å². The second-order valence-corrected chi connectivity index (χ2v) is 7.30. The van der Waals surface area contributed by atoms with E-state index in [1.165, 1.54) is 48.9 Å². The Morgan fingerprint density at radius 3 is 2.78 bits per heavy atom. The molecule has 3 rings (SSSR count). The van der Waals surface area contributed by atoms with Crippen LogP contribution in [0.3, 0.4) is 0 Å². The molecule has 3 aliphatic rings. The molecule has 3 aliphatic heterocycles. The van der Waals surface area contributed by atoms with E-state index in [1.54, 1.807) is 25.0 Å². The van der Waals surface area contributed by atoms with Crippen LogP contribution in [0.2, 0.25) is 0 Å². The number of piperidine rings is 1. The zero-order chi connectivity index (χ0) is 16.4. The molecule has 1 fully saturated rings. The van der Waals surface area contributed by atoms with Crippen LogP contribution in [-0.2, 0) is 4.79 Å². The van der Waals surface area contributed by atoms with Gasteiger partial charge in [-0.15, -0.1) is 16.8 Å². The number of allylic oxidation sites excluding steroid dienone is 1. The van der Waals surface area contributed by atoms with Crippen LogP contribution in [0.15, 0.2) is 16.0 Å². The maximum Gasteiger partial charge on any atom is 0.445 e. The quantitative estimate of drug-likeness (QED) is 0.729. The van der Waals surface area contributed by atoms with Crippen LogP contribution in [0.25, 0.3) is 0 Å². The molecule has 0 aromatic heterocycles. The predicted molar refractivity (Wildman–Crippen MR) is 92.2 cm³/mol. The maximum absolute atomic E-state index is 12.5. The Morgan fingerprint density at radius 1 is 1.30 bits per heavy atom. The number of aliphatic imine (C=N–C) groups is 1. The number of carbonyl (C=O) groups excluding carboxylic acids is 2. The van der Waals surface area contributed by atoms with Gasteiger partial charge in [-0.05, 0) is 32.0 Å². The molecule has 0 spiro atoms. The number of likely N-dealkylation sites (tertiary alicyclic amines) is 1. The van der Waals surface area contributed by atoms with Crippen molar-refractivity contribution in [3.05, 3.63) is 11.0 Å². The predicted octanol–water partition coefficient (Wildman–Crippen LogP) is 1.42. The smallest absolute Gasteiger partial charge is 0.303 e. The highest BCUT2D eigenvalue weighted by molar-refractivity contribution is 8.03. The van der Waals surface area contributed by atoms with E-state index < -0.39 is 5.92 Å². The number of dihydropyridines is 1. The summed E-state index contributed by atoms with van der Waals surface area (Å²) in [4.78, 5) is 33.5. The van der Waals surface area contributed by atoms with Crippen molar-refractivity contribution in [2.45, 2.75) is 19.3 Å². The fraction of sp³-hybridized carbons (Fsp3) is 0.625. The van der Waals surface area contributed by atoms with Gasteiger partial charge in [0.25, 0.3) is 5.84 Å². The topological polar surface area (TPSA) is 56.0 Å². The summed E-state index contributed by atoms with van der Waals surface area (Å²) < 4.78 is 1.47. The zero-order valence-electron chi connectivity index (χ0n) is 13.7. The van der Waals surface area contributed by atoms with Crippen LogP contribution >= 0.6 is 11.8 Å². The number of imide groups is 1. The molecule has 1 atom stereocenters. The molecule has 3 amide bonds. The molecule has 23 heavy (non-hydrogen) atoms. The first-order valence-corrected chi connectivity index (χ1v) is 9.09. The summed E-state index contributed by atoms with van der Waals surface area (Å²) in [7, 11) is 3.21. The molecule has 0 saturated carbocycles. The van der Waals surface area contributed by atoms with Gasteiger partial charge in [-0.2, -0.15) is 9.48 Å². The Kier molecular flexibility index (Phi) is 4.96. The van der Waals surface area contributed by atoms with Crippen molar-refractivity contribution in [3.8, 4) is 0 Å². The first-order valence-electron chi connectivity index (χ1n) is 8.11. The summed E-state index contributed by atoms with van der Waals surface area (Å²) in [6, 6.07) is -0.321. The van der Waals surface area contributed by atoms with Crippen molar-refractivity contribution in [1.29, 1.82) is 0 Å². The van der Waals surface area contributed by atoms with Crippen LogP contribution in [0.1, 0.15) is 19.3 Å². The van der Waals surface area contributed by atoms with E-state index in [9.17, 15) is 9.59 Å². The Bertz CT molecular complexity index is 605. The standard InChI is InChI=1S/C16H23N4O2S/c1-18-14-13(15(21)19(2)16(18)22)12(6-7-17-14)23-11-10-20-8-4-3-5-9-20/h6-7,13H,3-5,8-11H2,1-2H3/q+1. The summed E-state index contributed by atoms with van der Waals surface area (Å²) in [5, 5.41) is 0. The molecule has 0 radical (unpaired) electrons. The lowest BCUT2D eigenvalue weighted by atomic mass is 10.0. The van der Waals surface area contributed by atoms with Gasteiger partial charge in [0.05, 0.1) is 14.1 Å². The third-order valence-corrected chi connectivity index (χ3v) is 5.70. The van der Waals surface area contributed by atoms with Gasteiger partial charge in [0.1, 0.15) is 6.21 Å². The first kappa shape index (κ1) is 16.4. The lowest BCUT2D eigenvalue weighted by Gasteiger charge is -2.28. The molecule has 124 valence electrons. The van der Waals surface area contributed by atoms with Crippen molar-refractivity contribution in [2.75, 3.05) is 39.5 Å². The van der Waals surface area contributed by atoms with Crippen molar-refractivity contribution in [1.82, 2.24) is 9.80 Å². The number of amides is 3. The summed E-state index contributed by atoms with van der Waals surface area (Å²) in [6.07, 6.45) is 7.52. The van der Waals surface area contributed by atoms with Crippen LogP contribution in [-0.4, -0.2) is 77.8 Å². The zero-order valence-corrected chi connectivity index (χ0v) is 14.5. The molecule has 1 unspecified atom stereocenters. The van der Waals surface area contributed by atoms with Crippen LogP contribution in [0.5, 0.6) is 0 Å². The highest BCUT2D eigenvalue weighted by Crippen LogP contribution is 2.31. The molecule has 0 bridgehead atoms. The number of fused-ring (bicyclic) bond motifs is 1. The van der Waals surface area contributed by atoms with E-state index in [4.69, 9.17) is 0 Å². The minimum absolute atomic E-state index is 0.184. The molecule has 7 heteroatoms. The second-order valence-electron chi connectivity index (χ2n) is 6.13. The molecule has 6 nitrogen and oxygen atoms in total. The van der Waals surface area contributed by atoms with Gasteiger partial charge in [-0.1, -0.05) is 6.42 Å². The molecule has 0 aliphatic carbocycles. The highest BCUT2D eigenvalue weighted by atomic mass is 32.2. The Morgan fingerprint density at radius 2 is 2.04 bits per heavy atom. The third-order valence-electron chi connectivity index (χ3n) is 4.61. The molecular formula is C16H23N4O2S+. The van der Waals surface area contributed by atoms with Crippen molar-refractivity contribution in [2.24, 2.45) is 10.9 Å². The number of carbonyl (C=O) groups is 2. The Hall–Kier alpha value is -1.47. The lowest BCUT2D eigenvalue weighted by molar-refractivity contribution is -0.407. The third kappa shape index (κ3) is 3.26. The van der Waals surface area contributed by atoms with Gasteiger partial charge >= 0.3 is 11.9 Å². The van der Waals surface area contributed by atoms with Crippen molar-refractivity contribution < 1.29 is 14.2 Å². The summed E-state index contributed by atoms with van der Waals surface area (Å²) in [6.45, 7) is 3.40. The first-order chi connectivity index (χ1) is 11.1. The SMILES string of the molecule is CN1C(=O)C2C(SCCN3CCCCC3)=CC=NC2=[N+](C)C1=O. The van der Waals surface area contributed by atoms with E-state index in [0.29, 0.717) is 5.84 Å². The molecule has 0 aromatic carbocycles. The molecule has 0 aromatic rings. The molecule has 0 N–H and O–H groups in total. The molecule has 3 heterocycles. The number of hydrogen-bond donors (Lipinski definition) is 0. The normalized spacial score (nSPS) is 25.7. The van der Waals surface area contributed by atoms with E-state index >= 15 is 0 Å². The van der Waals surface area contributed by atoms with E-state index in [0.717, 1.165) is 17.2 Å². The number of nitrogens with zero attached hydrogens (tertiary/aromatic N) is 4. The van der Waals surface area contributed by atoms with Gasteiger partial charge in [0, 0.05) is 17.2 Å². The van der Waals surface area contributed by atoms with Crippen molar-refractivity contribution in [3.63, 3.8) is 0 Å². The van der Waals surface area contributed by atoms with E-state index in [-0.39, 0.29) is 11.9 Å². The Balaban J connectivity index is 1.68. The highest BCUT2D eigenvalue weighted by Gasteiger charge is 2.46. The Labute approximate surface area is 140 Å². The fourth-order valence-electron chi connectivity index (χ4n) is 3.22. The van der Waals surface area contributed by atoms with Gasteiger partial charge in [-0.25, -0.2) is 4.79 Å².